The minimum Gasteiger partial charge on any atom is -0.378 e. The smallest absolute Gasteiger partial charge is 0.0657 e. The Morgan fingerprint density at radius 1 is 0.386 bits per heavy atom. The molecule has 0 radical (unpaired) electrons. The summed E-state index contributed by atoms with van der Waals surface area (Å²) < 4.78 is 10.9. The number of ether oxygens (including phenoxy) is 2. The highest BCUT2D eigenvalue weighted by molar-refractivity contribution is 5.33. The molecule has 2 nitrogen and oxygen atoms in total. The largest absolute Gasteiger partial charge is 0.378 e. The molecule has 44 heavy (non-hydrogen) atoms. The van der Waals surface area contributed by atoms with Crippen LogP contribution in [0.2, 0.25) is 0 Å². The van der Waals surface area contributed by atoms with Gasteiger partial charge in [0.1, 0.15) is 0 Å². The lowest BCUT2D eigenvalue weighted by atomic mass is 10.0. The van der Waals surface area contributed by atoms with Crippen molar-refractivity contribution < 1.29 is 9.47 Å². The third kappa shape index (κ3) is 24.0. The number of methoxy groups -OCH3 is 2. The molecular formula is C42H60O2. The van der Waals surface area contributed by atoms with E-state index < -0.39 is 0 Å². The van der Waals surface area contributed by atoms with Crippen LogP contribution in [0.1, 0.15) is 82.1 Å². The molecule has 0 aromatic carbocycles. The van der Waals surface area contributed by atoms with E-state index >= 15 is 0 Å². The molecule has 2 heteroatoms. The van der Waals surface area contributed by atoms with Crippen molar-refractivity contribution in [2.75, 3.05) is 14.2 Å². The zero-order chi connectivity index (χ0) is 33.4. The van der Waals surface area contributed by atoms with Crippen LogP contribution in [-0.4, -0.2) is 25.4 Å². The Kier molecular flexibility index (Phi) is 21.2. The van der Waals surface area contributed by atoms with Crippen LogP contribution in [0.3, 0.4) is 0 Å². The lowest BCUT2D eigenvalue weighted by Gasteiger charge is -2.20. The molecule has 0 aliphatic heterocycles. The molecule has 0 heterocycles. The second kappa shape index (κ2) is 23.0. The fourth-order valence-electron chi connectivity index (χ4n) is 3.38. The maximum atomic E-state index is 5.45. The summed E-state index contributed by atoms with van der Waals surface area (Å²) in [6, 6.07) is 0. The monoisotopic (exact) mass is 596 g/mol. The van der Waals surface area contributed by atoms with Crippen molar-refractivity contribution in [3.8, 4) is 0 Å². The fourth-order valence-corrected chi connectivity index (χ4v) is 3.38. The zero-order valence-electron chi connectivity index (χ0n) is 29.8. The summed E-state index contributed by atoms with van der Waals surface area (Å²) in [5.41, 5.74) is 6.97. The Bertz CT molecular complexity index is 1150. The first-order valence-electron chi connectivity index (χ1n) is 15.5. The van der Waals surface area contributed by atoms with E-state index in [1.54, 1.807) is 14.2 Å². The second-order valence-corrected chi connectivity index (χ2v) is 12.4. The van der Waals surface area contributed by atoms with Crippen LogP contribution in [0.4, 0.5) is 0 Å². The van der Waals surface area contributed by atoms with Crippen LogP contribution >= 0.6 is 0 Å². The molecule has 0 aromatic heterocycles. The van der Waals surface area contributed by atoms with E-state index in [1.807, 2.05) is 0 Å². The molecular weight excluding hydrogens is 536 g/mol. The van der Waals surface area contributed by atoms with Gasteiger partial charge in [-0.05, 0) is 82.1 Å². The van der Waals surface area contributed by atoms with Crippen molar-refractivity contribution in [3.05, 3.63) is 155 Å². The highest BCUT2D eigenvalue weighted by Crippen LogP contribution is 2.15. The Morgan fingerprint density at radius 2 is 0.614 bits per heavy atom. The topological polar surface area (TPSA) is 18.5 Å². The van der Waals surface area contributed by atoms with Crippen LogP contribution < -0.4 is 0 Å². The summed E-state index contributed by atoms with van der Waals surface area (Å²) in [5.74, 6) is 0. The van der Waals surface area contributed by atoms with Crippen molar-refractivity contribution in [3.63, 3.8) is 0 Å². The normalized spacial score (nSPS) is 16.3. The van der Waals surface area contributed by atoms with Crippen LogP contribution in [0.5, 0.6) is 0 Å². The van der Waals surface area contributed by atoms with Gasteiger partial charge in [0.15, 0.2) is 0 Å². The van der Waals surface area contributed by atoms with Gasteiger partial charge in [0.2, 0.25) is 0 Å². The molecule has 0 N–H and O–H groups in total. The van der Waals surface area contributed by atoms with Crippen molar-refractivity contribution in [1.82, 2.24) is 0 Å². The first kappa shape index (κ1) is 40.5. The molecule has 0 fully saturated rings. The minimum absolute atomic E-state index is 0.123. The van der Waals surface area contributed by atoms with Gasteiger partial charge in [-0.3, -0.25) is 0 Å². The van der Waals surface area contributed by atoms with Crippen molar-refractivity contribution in [1.29, 1.82) is 0 Å². The third-order valence-electron chi connectivity index (χ3n) is 6.79. The first-order valence-corrected chi connectivity index (χ1v) is 15.5. The predicted octanol–water partition coefficient (Wildman–Crippen LogP) is 12.2. The number of hydrogen-bond acceptors (Lipinski definition) is 2. The van der Waals surface area contributed by atoms with E-state index in [2.05, 4.69) is 191 Å². The molecule has 0 saturated carbocycles. The highest BCUT2D eigenvalue weighted by atomic mass is 16.5. The summed E-state index contributed by atoms with van der Waals surface area (Å²) in [6.45, 7) is 21.0. The van der Waals surface area contributed by atoms with Gasteiger partial charge in [0, 0.05) is 14.2 Å². The predicted molar refractivity (Wildman–Crippen MR) is 198 cm³/mol. The molecule has 0 saturated heterocycles. The van der Waals surface area contributed by atoms with Gasteiger partial charge in [-0.1, -0.05) is 155 Å². The van der Waals surface area contributed by atoms with Crippen molar-refractivity contribution in [2.45, 2.75) is 93.3 Å². The number of rotatable bonds is 18. The van der Waals surface area contributed by atoms with E-state index in [0.717, 1.165) is 12.8 Å². The Hall–Kier alpha value is -3.46. The summed E-state index contributed by atoms with van der Waals surface area (Å²) in [5, 5.41) is 0. The Morgan fingerprint density at radius 3 is 0.864 bits per heavy atom. The Balaban J connectivity index is 4.80. The van der Waals surface area contributed by atoms with Crippen LogP contribution in [-0.2, 0) is 9.47 Å². The average Bonchev–Trinajstić information content (AvgIpc) is 2.95. The van der Waals surface area contributed by atoms with Crippen LogP contribution in [0, 0.1) is 0 Å². The lowest BCUT2D eigenvalue weighted by Crippen LogP contribution is -2.20. The molecule has 240 valence electrons. The Labute approximate surface area is 271 Å². The van der Waals surface area contributed by atoms with Gasteiger partial charge in [-0.15, -0.1) is 0 Å². The van der Waals surface area contributed by atoms with Crippen LogP contribution in [0.15, 0.2) is 155 Å². The molecule has 0 rings (SSSR count). The summed E-state index contributed by atoms with van der Waals surface area (Å²) >= 11 is 0. The van der Waals surface area contributed by atoms with E-state index in [9.17, 15) is 0 Å². The van der Waals surface area contributed by atoms with Gasteiger partial charge in [0.05, 0.1) is 11.2 Å². The third-order valence-corrected chi connectivity index (χ3v) is 6.79. The maximum Gasteiger partial charge on any atom is 0.0657 e. The second-order valence-electron chi connectivity index (χ2n) is 12.4. The lowest BCUT2D eigenvalue weighted by molar-refractivity contribution is 0.0252. The molecule has 0 spiro atoms. The molecule has 0 unspecified atom stereocenters. The molecule has 0 aliphatic carbocycles. The van der Waals surface area contributed by atoms with Gasteiger partial charge in [-0.2, -0.15) is 0 Å². The van der Waals surface area contributed by atoms with E-state index in [4.69, 9.17) is 9.47 Å². The highest BCUT2D eigenvalue weighted by Gasteiger charge is 2.13. The van der Waals surface area contributed by atoms with Gasteiger partial charge < -0.3 is 9.47 Å². The maximum absolute atomic E-state index is 5.45. The van der Waals surface area contributed by atoms with Gasteiger partial charge in [-0.25, -0.2) is 0 Å². The first-order chi connectivity index (χ1) is 20.7. The van der Waals surface area contributed by atoms with E-state index in [-0.39, 0.29) is 11.2 Å². The quantitative estimate of drug-likeness (QED) is 0.147. The molecule has 0 bridgehead atoms. The van der Waals surface area contributed by atoms with E-state index in [0.29, 0.717) is 0 Å². The minimum atomic E-state index is -0.123. The molecule has 0 atom stereocenters. The van der Waals surface area contributed by atoms with Crippen LogP contribution in [0.25, 0.3) is 0 Å². The molecule has 0 amide bonds. The number of hydrogen-bond donors (Lipinski definition) is 0. The van der Waals surface area contributed by atoms with Gasteiger partial charge >= 0.3 is 0 Å². The van der Waals surface area contributed by atoms with E-state index in [1.165, 1.54) is 33.4 Å². The summed E-state index contributed by atoms with van der Waals surface area (Å²) in [7, 11) is 3.50. The molecule has 0 aliphatic rings. The summed E-state index contributed by atoms with van der Waals surface area (Å²) in [4.78, 5) is 0. The fraction of sp³-hybridized carbons (Fsp3) is 0.381. The van der Waals surface area contributed by atoms with Crippen molar-refractivity contribution >= 4 is 0 Å². The molecule has 0 aromatic rings. The SMILES string of the molecule is COC(C)(C)CC=C/C(C)=C/C=C/C(C)=C/C=C/C(C)=C/C=C/C=C(C)/C=C/C=C(C)/C=C/C=C(\C)C=CCC(C)(C)OC. The van der Waals surface area contributed by atoms with Gasteiger partial charge in [0.25, 0.3) is 0 Å². The zero-order valence-corrected chi connectivity index (χ0v) is 29.8. The number of allylic oxidation sites excluding steroid dienone is 24. The van der Waals surface area contributed by atoms with Crippen molar-refractivity contribution in [2.24, 2.45) is 0 Å². The summed E-state index contributed by atoms with van der Waals surface area (Å²) in [6.07, 6.45) is 44.1. The average molecular weight is 597 g/mol. The standard InChI is InChI=1S/C42H60O2/c1-35(23-15-25-37(3)27-17-29-39(5)31-19-33-41(7,8)43-11)21-13-14-22-36(2)24-16-26-38(4)28-18-30-40(6)32-20-34-42(9,10)44-12/h13-32H,33-34H2,1-12H3/b14-13+,23-15+,24-16+,27-17+,28-18+,31-19?,32-20?,35-21+,36-22+,37-25+,38-26+,39-29+,40-30+.